The first kappa shape index (κ1) is 26.9. The second kappa shape index (κ2) is 12.0. The maximum Gasteiger partial charge on any atom is 0.315 e. The summed E-state index contributed by atoms with van der Waals surface area (Å²) >= 11 is 0. The molecule has 2 unspecified atom stereocenters. The van der Waals surface area contributed by atoms with Crippen molar-refractivity contribution in [2.45, 2.75) is 44.9 Å². The van der Waals surface area contributed by atoms with E-state index in [-0.39, 0.29) is 12.8 Å². The summed E-state index contributed by atoms with van der Waals surface area (Å²) < 4.78 is 16.3. The third-order valence-electron chi connectivity index (χ3n) is 8.17. The Bertz CT molecular complexity index is 1250. The SMILES string of the molecule is COC(=O)C1C(C)=NC(C)=C(N(C=O)CCCN2CCC(c3ccccc3)CC2)C1c1ccc2c(c1)OCO2. The first-order valence-electron chi connectivity index (χ1n) is 13.7. The Morgan fingerprint density at radius 1 is 1.08 bits per heavy atom. The van der Waals surface area contributed by atoms with Gasteiger partial charge in [0.25, 0.3) is 0 Å². The van der Waals surface area contributed by atoms with Crippen LogP contribution in [0.2, 0.25) is 0 Å². The Kier molecular flexibility index (Phi) is 8.31. The van der Waals surface area contributed by atoms with Crippen molar-refractivity contribution >= 4 is 18.1 Å². The van der Waals surface area contributed by atoms with E-state index < -0.39 is 11.8 Å². The van der Waals surface area contributed by atoms with Crippen LogP contribution in [0.15, 0.2) is 64.9 Å². The highest BCUT2D eigenvalue weighted by Crippen LogP contribution is 2.44. The number of ether oxygens (including phenoxy) is 3. The minimum absolute atomic E-state index is 0.162. The normalized spacial score (nSPS) is 21.5. The van der Waals surface area contributed by atoms with Crippen molar-refractivity contribution in [1.82, 2.24) is 9.80 Å². The molecule has 0 aromatic heterocycles. The van der Waals surface area contributed by atoms with Gasteiger partial charge in [0.05, 0.1) is 18.5 Å². The van der Waals surface area contributed by atoms with Crippen LogP contribution in [0, 0.1) is 5.92 Å². The van der Waals surface area contributed by atoms with Gasteiger partial charge in [0.2, 0.25) is 13.2 Å². The van der Waals surface area contributed by atoms with Gasteiger partial charge in [-0.05, 0) is 81.9 Å². The molecule has 0 bridgehead atoms. The number of esters is 1. The maximum atomic E-state index is 13.0. The molecule has 3 aliphatic heterocycles. The van der Waals surface area contributed by atoms with Crippen LogP contribution in [0.3, 0.4) is 0 Å². The highest BCUT2D eigenvalue weighted by atomic mass is 16.7. The molecule has 2 atom stereocenters. The van der Waals surface area contributed by atoms with Crippen molar-refractivity contribution in [3.8, 4) is 11.5 Å². The molecule has 206 valence electrons. The molecule has 0 radical (unpaired) electrons. The standard InChI is InChI=1S/C31H37N3O5/c1-21-28(31(36)37-3)29(25-10-11-26-27(18-25)39-20-38-26)30(22(2)32-21)34(19-35)15-7-14-33-16-12-24(13-17-33)23-8-5-4-6-9-23/h4-6,8-11,18-19,24,28-29H,7,12-17,20H2,1-3H3. The summed E-state index contributed by atoms with van der Waals surface area (Å²) in [6.45, 7) is 7.46. The number of piperidine rings is 1. The van der Waals surface area contributed by atoms with Crippen LogP contribution in [-0.4, -0.2) is 68.0 Å². The predicted octanol–water partition coefficient (Wildman–Crippen LogP) is 4.72. The van der Waals surface area contributed by atoms with E-state index in [1.54, 1.807) is 4.90 Å². The van der Waals surface area contributed by atoms with Crippen molar-refractivity contribution < 1.29 is 23.8 Å². The van der Waals surface area contributed by atoms with Crippen LogP contribution in [0.4, 0.5) is 0 Å². The van der Waals surface area contributed by atoms with Gasteiger partial charge in [-0.1, -0.05) is 36.4 Å². The van der Waals surface area contributed by atoms with Crippen LogP contribution in [0.25, 0.3) is 0 Å². The number of likely N-dealkylation sites (tertiary alicyclic amines) is 1. The summed E-state index contributed by atoms with van der Waals surface area (Å²) in [7, 11) is 1.38. The van der Waals surface area contributed by atoms with Gasteiger partial charge in [0, 0.05) is 18.2 Å². The zero-order valence-electron chi connectivity index (χ0n) is 23.0. The summed E-state index contributed by atoms with van der Waals surface area (Å²) in [4.78, 5) is 34.4. The summed E-state index contributed by atoms with van der Waals surface area (Å²) in [6.07, 6.45) is 3.98. The van der Waals surface area contributed by atoms with Crippen LogP contribution >= 0.6 is 0 Å². The molecule has 0 spiro atoms. The van der Waals surface area contributed by atoms with Gasteiger partial charge in [0.1, 0.15) is 5.92 Å². The van der Waals surface area contributed by atoms with Gasteiger partial charge in [-0.15, -0.1) is 0 Å². The third-order valence-corrected chi connectivity index (χ3v) is 8.17. The van der Waals surface area contributed by atoms with E-state index in [0.29, 0.717) is 29.7 Å². The predicted molar refractivity (Wildman–Crippen MR) is 149 cm³/mol. The number of amides is 1. The molecule has 39 heavy (non-hydrogen) atoms. The minimum atomic E-state index is -0.645. The monoisotopic (exact) mass is 531 g/mol. The number of carbonyl (C=O) groups excluding carboxylic acids is 2. The largest absolute Gasteiger partial charge is 0.468 e. The number of rotatable bonds is 9. The zero-order valence-corrected chi connectivity index (χ0v) is 23.0. The van der Waals surface area contributed by atoms with E-state index in [1.165, 1.54) is 12.7 Å². The van der Waals surface area contributed by atoms with Crippen molar-refractivity contribution in [2.75, 3.05) is 40.1 Å². The summed E-state index contributed by atoms with van der Waals surface area (Å²) in [5.41, 5.74) is 4.40. The maximum absolute atomic E-state index is 13.0. The Hall–Kier alpha value is -3.65. The lowest BCUT2D eigenvalue weighted by Crippen LogP contribution is -2.40. The third kappa shape index (κ3) is 5.71. The first-order chi connectivity index (χ1) is 19.0. The van der Waals surface area contributed by atoms with Gasteiger partial charge < -0.3 is 24.0 Å². The van der Waals surface area contributed by atoms with Crippen molar-refractivity contribution in [1.29, 1.82) is 0 Å². The Balaban J connectivity index is 1.31. The molecular formula is C31H37N3O5. The second-order valence-corrected chi connectivity index (χ2v) is 10.5. The Morgan fingerprint density at radius 2 is 1.82 bits per heavy atom. The quantitative estimate of drug-likeness (QED) is 0.344. The average Bonchev–Trinajstić information content (AvgIpc) is 3.44. The summed E-state index contributed by atoms with van der Waals surface area (Å²) in [5, 5.41) is 0. The molecule has 3 aliphatic rings. The molecule has 8 heteroatoms. The molecule has 0 aliphatic carbocycles. The van der Waals surface area contributed by atoms with Crippen molar-refractivity contribution in [3.05, 3.63) is 71.1 Å². The summed E-state index contributed by atoms with van der Waals surface area (Å²) in [5.74, 6) is 0.452. The van der Waals surface area contributed by atoms with Crippen molar-refractivity contribution in [3.63, 3.8) is 0 Å². The topological polar surface area (TPSA) is 80.7 Å². The Morgan fingerprint density at radius 3 is 2.54 bits per heavy atom. The number of carbonyl (C=O) groups is 2. The number of fused-ring (bicyclic) bond motifs is 1. The number of methoxy groups -OCH3 is 1. The van der Waals surface area contributed by atoms with Crippen LogP contribution in [-0.2, 0) is 14.3 Å². The molecule has 3 heterocycles. The smallest absolute Gasteiger partial charge is 0.315 e. The fraction of sp³-hybridized carbons (Fsp3) is 0.452. The molecule has 0 saturated carbocycles. The number of hydrogen-bond donors (Lipinski definition) is 0. The van der Waals surface area contributed by atoms with E-state index in [0.717, 1.165) is 62.3 Å². The van der Waals surface area contributed by atoms with E-state index in [1.807, 2.05) is 32.0 Å². The number of hydrogen-bond acceptors (Lipinski definition) is 7. The number of allylic oxidation sites excluding steroid dienone is 2. The van der Waals surface area contributed by atoms with Gasteiger partial charge in [-0.25, -0.2) is 0 Å². The van der Waals surface area contributed by atoms with E-state index in [9.17, 15) is 9.59 Å². The lowest BCUT2D eigenvalue weighted by Gasteiger charge is -2.37. The average molecular weight is 532 g/mol. The summed E-state index contributed by atoms with van der Waals surface area (Å²) in [6, 6.07) is 16.4. The fourth-order valence-corrected chi connectivity index (χ4v) is 6.20. The first-order valence-corrected chi connectivity index (χ1v) is 13.7. The van der Waals surface area contributed by atoms with Gasteiger partial charge in [0.15, 0.2) is 11.5 Å². The number of nitrogens with zero attached hydrogens (tertiary/aromatic N) is 3. The molecule has 2 aromatic rings. The molecule has 2 aromatic carbocycles. The molecule has 5 rings (SSSR count). The van der Waals surface area contributed by atoms with E-state index in [2.05, 4.69) is 35.2 Å². The van der Waals surface area contributed by atoms with E-state index in [4.69, 9.17) is 19.2 Å². The van der Waals surface area contributed by atoms with Crippen molar-refractivity contribution in [2.24, 2.45) is 10.9 Å². The van der Waals surface area contributed by atoms with Crippen LogP contribution in [0.5, 0.6) is 11.5 Å². The fourth-order valence-electron chi connectivity index (χ4n) is 6.20. The molecule has 1 saturated heterocycles. The highest BCUT2D eigenvalue weighted by molar-refractivity contribution is 6.03. The van der Waals surface area contributed by atoms with Crippen LogP contribution in [0.1, 0.15) is 56.1 Å². The molecule has 1 amide bonds. The lowest BCUT2D eigenvalue weighted by molar-refractivity contribution is -0.143. The molecule has 1 fully saturated rings. The molecular weight excluding hydrogens is 494 g/mol. The zero-order chi connectivity index (χ0) is 27.4. The van der Waals surface area contributed by atoms with Gasteiger partial charge in [-0.2, -0.15) is 0 Å². The Labute approximate surface area is 230 Å². The lowest BCUT2D eigenvalue weighted by atomic mass is 9.78. The highest BCUT2D eigenvalue weighted by Gasteiger charge is 2.41. The molecule has 8 nitrogen and oxygen atoms in total. The number of aliphatic imine (C=N–C) groups is 1. The van der Waals surface area contributed by atoms with E-state index >= 15 is 0 Å². The van der Waals surface area contributed by atoms with Gasteiger partial charge >= 0.3 is 5.97 Å². The number of benzene rings is 2. The second-order valence-electron chi connectivity index (χ2n) is 10.5. The minimum Gasteiger partial charge on any atom is -0.468 e. The van der Waals surface area contributed by atoms with Crippen LogP contribution < -0.4 is 9.47 Å². The van der Waals surface area contributed by atoms with Gasteiger partial charge in [-0.3, -0.25) is 14.6 Å². The molecule has 0 N–H and O–H groups in total.